The van der Waals surface area contributed by atoms with Crippen molar-refractivity contribution in [3.05, 3.63) is 35.8 Å². The highest BCUT2D eigenvalue weighted by molar-refractivity contribution is 7.88. The van der Waals surface area contributed by atoms with Crippen LogP contribution in [-0.2, 0) is 14.8 Å². The largest absolute Gasteiger partial charge is 0.480 e. The number of carbonyl (C=O) groups excluding carboxylic acids is 1. The Morgan fingerprint density at radius 2 is 1.96 bits per heavy atom. The zero-order valence-electron chi connectivity index (χ0n) is 15.2. The normalized spacial score (nSPS) is 16.5. The van der Waals surface area contributed by atoms with Gasteiger partial charge in [0.25, 0.3) is 5.91 Å². The van der Waals surface area contributed by atoms with E-state index in [0.29, 0.717) is 18.5 Å². The summed E-state index contributed by atoms with van der Waals surface area (Å²) >= 11 is 0. The van der Waals surface area contributed by atoms with Gasteiger partial charge in [-0.25, -0.2) is 17.7 Å². The lowest BCUT2D eigenvalue weighted by molar-refractivity contribution is -0.138. The first kappa shape index (κ1) is 19.3. The molecule has 1 amide bonds. The molecule has 2 aromatic rings. The number of sulfonamides is 1. The van der Waals surface area contributed by atoms with E-state index in [-0.39, 0.29) is 24.8 Å². The number of carboxylic acids is 1. The molecule has 0 spiro atoms. The third-order valence-electron chi connectivity index (χ3n) is 4.81. The van der Waals surface area contributed by atoms with Crippen molar-refractivity contribution in [2.45, 2.75) is 25.8 Å². The predicted octanol–water partition coefficient (Wildman–Crippen LogP) is 0.594. The summed E-state index contributed by atoms with van der Waals surface area (Å²) in [5.74, 6) is -1.58. The van der Waals surface area contributed by atoms with Gasteiger partial charge in [-0.05, 0) is 31.9 Å². The molecule has 1 aliphatic heterocycles. The van der Waals surface area contributed by atoms with Crippen LogP contribution in [0.15, 0.2) is 24.4 Å². The number of aromatic nitrogens is 2. The molecule has 0 saturated carbocycles. The van der Waals surface area contributed by atoms with Gasteiger partial charge in [0, 0.05) is 31.0 Å². The van der Waals surface area contributed by atoms with E-state index in [1.807, 2.05) is 19.1 Å². The van der Waals surface area contributed by atoms with Gasteiger partial charge >= 0.3 is 5.97 Å². The van der Waals surface area contributed by atoms with Gasteiger partial charge in [0.05, 0.1) is 6.26 Å². The van der Waals surface area contributed by atoms with Crippen molar-refractivity contribution in [3.63, 3.8) is 0 Å². The summed E-state index contributed by atoms with van der Waals surface area (Å²) in [5, 5.41) is 9.25. The number of aliphatic carboxylic acids is 1. The lowest BCUT2D eigenvalue weighted by Gasteiger charge is -2.36. The van der Waals surface area contributed by atoms with Crippen LogP contribution in [0.5, 0.6) is 0 Å². The molecular weight excluding hydrogens is 372 g/mol. The molecule has 0 bridgehead atoms. The standard InChI is InChI=1S/C17H22N4O5S/c1-12-4-3-5-15-18-14(10-20(12)15)17(24)21(11-16(22)23)13-6-8-19(9-7-13)27(2,25)26/h3-5,10,13H,6-9,11H2,1-2H3,(H,22,23). The molecule has 27 heavy (non-hydrogen) atoms. The van der Waals surface area contributed by atoms with Crippen molar-refractivity contribution >= 4 is 27.5 Å². The Bertz CT molecular complexity index is 976. The molecule has 2 aromatic heterocycles. The minimum absolute atomic E-state index is 0.177. The van der Waals surface area contributed by atoms with E-state index in [4.69, 9.17) is 0 Å². The second kappa shape index (κ2) is 7.28. The maximum absolute atomic E-state index is 13.0. The summed E-state index contributed by atoms with van der Waals surface area (Å²) in [6.07, 6.45) is 3.52. The van der Waals surface area contributed by atoms with Crippen LogP contribution in [0.1, 0.15) is 29.0 Å². The van der Waals surface area contributed by atoms with E-state index in [0.717, 1.165) is 11.9 Å². The van der Waals surface area contributed by atoms with E-state index >= 15 is 0 Å². The van der Waals surface area contributed by atoms with Gasteiger partial charge in [-0.1, -0.05) is 6.07 Å². The summed E-state index contributed by atoms with van der Waals surface area (Å²) in [5.41, 5.74) is 1.70. The summed E-state index contributed by atoms with van der Waals surface area (Å²) in [4.78, 5) is 29.9. The highest BCUT2D eigenvalue weighted by Crippen LogP contribution is 2.21. The van der Waals surface area contributed by atoms with Crippen LogP contribution in [0.4, 0.5) is 0 Å². The highest BCUT2D eigenvalue weighted by Gasteiger charge is 2.33. The molecular formula is C17H22N4O5S. The number of nitrogens with zero attached hydrogens (tertiary/aromatic N) is 4. The Balaban J connectivity index is 1.85. The molecule has 1 aliphatic rings. The summed E-state index contributed by atoms with van der Waals surface area (Å²) < 4.78 is 26.5. The number of imidazole rings is 1. The first-order valence-corrected chi connectivity index (χ1v) is 10.4. The van der Waals surface area contributed by atoms with E-state index in [2.05, 4.69) is 4.98 Å². The zero-order chi connectivity index (χ0) is 19.8. The molecule has 3 heterocycles. The topological polar surface area (TPSA) is 112 Å². The van der Waals surface area contributed by atoms with Crippen LogP contribution < -0.4 is 0 Å². The Kier molecular flexibility index (Phi) is 5.20. The average Bonchev–Trinajstić information content (AvgIpc) is 3.04. The van der Waals surface area contributed by atoms with Gasteiger partial charge in [0.2, 0.25) is 10.0 Å². The van der Waals surface area contributed by atoms with E-state index < -0.39 is 28.4 Å². The van der Waals surface area contributed by atoms with Crippen LogP contribution >= 0.6 is 0 Å². The fourth-order valence-corrected chi connectivity index (χ4v) is 4.27. The minimum Gasteiger partial charge on any atom is -0.480 e. The van der Waals surface area contributed by atoms with Crippen LogP contribution in [0.2, 0.25) is 0 Å². The predicted molar refractivity (Wildman–Crippen MR) is 98.0 cm³/mol. The first-order valence-electron chi connectivity index (χ1n) is 8.59. The Labute approximate surface area is 157 Å². The summed E-state index contributed by atoms with van der Waals surface area (Å²) in [6, 6.07) is 5.15. The number of rotatable bonds is 5. The smallest absolute Gasteiger partial charge is 0.323 e. The summed E-state index contributed by atoms with van der Waals surface area (Å²) in [6.45, 7) is 1.96. The number of piperidine rings is 1. The second-order valence-corrected chi connectivity index (χ2v) is 8.72. The van der Waals surface area contributed by atoms with Crippen molar-refractivity contribution in [1.82, 2.24) is 18.6 Å². The fourth-order valence-electron chi connectivity index (χ4n) is 3.40. The highest BCUT2D eigenvalue weighted by atomic mass is 32.2. The number of aryl methyl sites for hydroxylation is 1. The maximum Gasteiger partial charge on any atom is 0.323 e. The number of carboxylic acid groups (broad SMARTS) is 1. The fraction of sp³-hybridized carbons (Fsp3) is 0.471. The van der Waals surface area contributed by atoms with Crippen LogP contribution in [0.3, 0.4) is 0 Å². The third kappa shape index (κ3) is 4.11. The Morgan fingerprint density at radius 3 is 2.52 bits per heavy atom. The van der Waals surface area contributed by atoms with Gasteiger partial charge in [-0.2, -0.15) is 0 Å². The van der Waals surface area contributed by atoms with Crippen LogP contribution in [0, 0.1) is 6.92 Å². The Hall–Kier alpha value is -2.46. The SMILES string of the molecule is Cc1cccc2nc(C(=O)N(CC(=O)O)C3CCN(S(C)(=O)=O)CC3)cn12. The molecule has 1 fully saturated rings. The first-order chi connectivity index (χ1) is 12.7. The number of carbonyl (C=O) groups is 2. The minimum atomic E-state index is -3.29. The third-order valence-corrected chi connectivity index (χ3v) is 6.12. The number of hydrogen-bond donors (Lipinski definition) is 1. The molecule has 0 aromatic carbocycles. The lowest BCUT2D eigenvalue weighted by Crippen LogP contribution is -2.50. The van der Waals surface area contributed by atoms with Gasteiger partial charge in [0.15, 0.2) is 0 Å². The molecule has 0 unspecified atom stereocenters. The van der Waals surface area contributed by atoms with E-state index in [1.165, 1.54) is 9.21 Å². The average molecular weight is 394 g/mol. The van der Waals surface area contributed by atoms with Crippen molar-refractivity contribution in [3.8, 4) is 0 Å². The number of amides is 1. The molecule has 0 radical (unpaired) electrons. The van der Waals surface area contributed by atoms with E-state index in [1.54, 1.807) is 16.7 Å². The van der Waals surface area contributed by atoms with Crippen molar-refractivity contribution in [2.24, 2.45) is 0 Å². The van der Waals surface area contributed by atoms with E-state index in [9.17, 15) is 23.1 Å². The van der Waals surface area contributed by atoms with Gasteiger partial charge in [-0.15, -0.1) is 0 Å². The molecule has 10 heteroatoms. The maximum atomic E-state index is 13.0. The molecule has 0 atom stereocenters. The Morgan fingerprint density at radius 1 is 1.30 bits per heavy atom. The summed E-state index contributed by atoms with van der Waals surface area (Å²) in [7, 11) is -3.29. The number of pyridine rings is 1. The van der Waals surface area contributed by atoms with Crippen molar-refractivity contribution in [1.29, 1.82) is 0 Å². The van der Waals surface area contributed by atoms with Crippen LogP contribution in [-0.4, -0.2) is 75.9 Å². The second-order valence-electron chi connectivity index (χ2n) is 6.74. The lowest BCUT2D eigenvalue weighted by atomic mass is 10.0. The van der Waals surface area contributed by atoms with Crippen molar-refractivity contribution < 1.29 is 23.1 Å². The van der Waals surface area contributed by atoms with Gasteiger partial charge in [-0.3, -0.25) is 9.59 Å². The van der Waals surface area contributed by atoms with Gasteiger partial charge in [0.1, 0.15) is 17.9 Å². The molecule has 1 N–H and O–H groups in total. The molecule has 146 valence electrons. The molecule has 0 aliphatic carbocycles. The van der Waals surface area contributed by atoms with Gasteiger partial charge < -0.3 is 14.4 Å². The zero-order valence-corrected chi connectivity index (χ0v) is 16.0. The monoisotopic (exact) mass is 394 g/mol. The quantitative estimate of drug-likeness (QED) is 0.794. The number of hydrogen-bond acceptors (Lipinski definition) is 5. The van der Waals surface area contributed by atoms with Crippen molar-refractivity contribution in [2.75, 3.05) is 25.9 Å². The molecule has 1 saturated heterocycles. The van der Waals surface area contributed by atoms with Crippen LogP contribution in [0.25, 0.3) is 5.65 Å². The molecule has 9 nitrogen and oxygen atoms in total. The number of fused-ring (bicyclic) bond motifs is 1. The molecule has 3 rings (SSSR count).